The molecule has 0 unspecified atom stereocenters. The van der Waals surface area contributed by atoms with Gasteiger partial charge in [-0.2, -0.15) is 0 Å². The van der Waals surface area contributed by atoms with Crippen molar-refractivity contribution in [1.82, 2.24) is 9.80 Å². The number of rotatable bonds is 4. The fourth-order valence-electron chi connectivity index (χ4n) is 1.95. The van der Waals surface area contributed by atoms with Gasteiger partial charge in [0.2, 0.25) is 0 Å². The third-order valence-electron chi connectivity index (χ3n) is 2.57. The zero-order chi connectivity index (χ0) is 12.1. The smallest absolute Gasteiger partial charge is 0.320 e. The number of carbonyl (C=O) groups is 1. The Morgan fingerprint density at radius 1 is 1.12 bits per heavy atom. The van der Waals surface area contributed by atoms with Gasteiger partial charge in [-0.05, 0) is 26.7 Å². The van der Waals surface area contributed by atoms with Crippen molar-refractivity contribution in [1.29, 1.82) is 0 Å². The maximum Gasteiger partial charge on any atom is 0.320 e. The molecule has 1 aliphatic heterocycles. The van der Waals surface area contributed by atoms with Crippen LogP contribution < -0.4 is 0 Å². The first kappa shape index (κ1) is 12.8. The summed E-state index contributed by atoms with van der Waals surface area (Å²) in [6.07, 6.45) is 2.25. The van der Waals surface area contributed by atoms with Crippen LogP contribution in [0.5, 0.6) is 0 Å². The van der Waals surface area contributed by atoms with Crippen LogP contribution in [0.3, 0.4) is 0 Å². The minimum atomic E-state index is 0.128. The zero-order valence-corrected chi connectivity index (χ0v) is 10.5. The largest absolute Gasteiger partial charge is 0.325 e. The summed E-state index contributed by atoms with van der Waals surface area (Å²) in [5.41, 5.74) is 2.02. The van der Waals surface area contributed by atoms with Gasteiger partial charge in [0.1, 0.15) is 0 Å². The highest BCUT2D eigenvalue weighted by Gasteiger charge is 2.23. The van der Waals surface area contributed by atoms with Crippen LogP contribution in [0.25, 0.3) is 0 Å². The van der Waals surface area contributed by atoms with E-state index in [1.165, 1.54) is 0 Å². The minimum Gasteiger partial charge on any atom is -0.325 e. The summed E-state index contributed by atoms with van der Waals surface area (Å²) in [6.45, 7) is 14.7. The molecule has 3 heteroatoms. The molecule has 1 saturated heterocycles. The maximum atomic E-state index is 12.2. The second-order valence-corrected chi connectivity index (χ2v) is 4.75. The van der Waals surface area contributed by atoms with E-state index in [0.717, 1.165) is 37.1 Å². The molecule has 16 heavy (non-hydrogen) atoms. The van der Waals surface area contributed by atoms with Crippen molar-refractivity contribution in [2.45, 2.75) is 26.7 Å². The van der Waals surface area contributed by atoms with Crippen molar-refractivity contribution in [3.05, 3.63) is 24.3 Å². The fraction of sp³-hybridized carbons (Fsp3) is 0.615. The molecule has 1 rings (SSSR count). The van der Waals surface area contributed by atoms with Gasteiger partial charge in [-0.15, -0.1) is 0 Å². The van der Waals surface area contributed by atoms with Gasteiger partial charge in [0.15, 0.2) is 0 Å². The van der Waals surface area contributed by atoms with E-state index in [4.69, 9.17) is 0 Å². The summed E-state index contributed by atoms with van der Waals surface area (Å²) in [6, 6.07) is 0.128. The van der Waals surface area contributed by atoms with Gasteiger partial charge >= 0.3 is 6.03 Å². The Balaban J connectivity index is 2.62. The quantitative estimate of drug-likeness (QED) is 0.671. The van der Waals surface area contributed by atoms with Crippen LogP contribution in [0.15, 0.2) is 24.3 Å². The summed E-state index contributed by atoms with van der Waals surface area (Å²) in [5.74, 6) is 0. The van der Waals surface area contributed by atoms with Crippen LogP contribution >= 0.6 is 0 Å². The minimum absolute atomic E-state index is 0.128. The first-order valence-electron chi connectivity index (χ1n) is 5.83. The molecule has 0 aromatic rings. The second kappa shape index (κ2) is 5.73. The van der Waals surface area contributed by atoms with E-state index in [1.54, 1.807) is 0 Å². The van der Waals surface area contributed by atoms with Crippen molar-refractivity contribution in [3.63, 3.8) is 0 Å². The predicted molar refractivity (Wildman–Crippen MR) is 67.4 cm³/mol. The molecule has 1 aliphatic rings. The Bertz CT molecular complexity index is 274. The first-order chi connectivity index (χ1) is 7.50. The number of nitrogens with zero attached hydrogens (tertiary/aromatic N) is 2. The van der Waals surface area contributed by atoms with E-state index < -0.39 is 0 Å². The molecule has 0 bridgehead atoms. The summed E-state index contributed by atoms with van der Waals surface area (Å²) in [7, 11) is 0. The van der Waals surface area contributed by atoms with Gasteiger partial charge in [-0.1, -0.05) is 24.3 Å². The van der Waals surface area contributed by atoms with Crippen molar-refractivity contribution < 1.29 is 4.79 Å². The Kier molecular flexibility index (Phi) is 4.59. The Morgan fingerprint density at radius 2 is 1.56 bits per heavy atom. The molecule has 1 heterocycles. The molecule has 0 aromatic heterocycles. The van der Waals surface area contributed by atoms with Crippen LogP contribution in [0.1, 0.15) is 26.7 Å². The monoisotopic (exact) mass is 222 g/mol. The highest BCUT2D eigenvalue weighted by atomic mass is 16.2. The van der Waals surface area contributed by atoms with E-state index >= 15 is 0 Å². The molecule has 0 N–H and O–H groups in total. The van der Waals surface area contributed by atoms with Gasteiger partial charge in [0.05, 0.1) is 0 Å². The summed E-state index contributed by atoms with van der Waals surface area (Å²) >= 11 is 0. The average molecular weight is 222 g/mol. The molecule has 0 radical (unpaired) electrons. The Labute approximate surface area is 98.4 Å². The van der Waals surface area contributed by atoms with Gasteiger partial charge in [0, 0.05) is 26.2 Å². The topological polar surface area (TPSA) is 23.6 Å². The van der Waals surface area contributed by atoms with Gasteiger partial charge in [-0.25, -0.2) is 4.79 Å². The summed E-state index contributed by atoms with van der Waals surface area (Å²) in [5, 5.41) is 0. The molecule has 1 fully saturated rings. The lowest BCUT2D eigenvalue weighted by Crippen LogP contribution is -2.43. The number of carbonyl (C=O) groups excluding carboxylic acids is 1. The first-order valence-corrected chi connectivity index (χ1v) is 5.83. The number of urea groups is 1. The number of hydrogen-bond acceptors (Lipinski definition) is 1. The fourth-order valence-corrected chi connectivity index (χ4v) is 1.95. The molecule has 0 spiro atoms. The molecule has 0 atom stereocenters. The third kappa shape index (κ3) is 3.72. The predicted octanol–water partition coefficient (Wildman–Crippen LogP) is 2.66. The van der Waals surface area contributed by atoms with Crippen LogP contribution in [-0.2, 0) is 0 Å². The van der Waals surface area contributed by atoms with Crippen molar-refractivity contribution in [2.75, 3.05) is 26.2 Å². The van der Waals surface area contributed by atoms with E-state index in [-0.39, 0.29) is 6.03 Å². The van der Waals surface area contributed by atoms with Gasteiger partial charge < -0.3 is 9.80 Å². The van der Waals surface area contributed by atoms with Crippen LogP contribution in [0.2, 0.25) is 0 Å². The Hall–Kier alpha value is -1.25. The number of likely N-dealkylation sites (tertiary alicyclic amines) is 1. The lowest BCUT2D eigenvalue weighted by molar-refractivity contribution is 0.170. The molecular weight excluding hydrogens is 200 g/mol. The SMILES string of the molecule is C=C(C)CN(CC(=C)C)C(=O)N1CCCC1. The molecular formula is C13H22N2O. The summed E-state index contributed by atoms with van der Waals surface area (Å²) < 4.78 is 0. The molecule has 0 aromatic carbocycles. The van der Waals surface area contributed by atoms with E-state index in [2.05, 4.69) is 13.2 Å². The third-order valence-corrected chi connectivity index (χ3v) is 2.57. The second-order valence-electron chi connectivity index (χ2n) is 4.75. The van der Waals surface area contributed by atoms with Crippen LogP contribution in [0, 0.1) is 0 Å². The van der Waals surface area contributed by atoms with E-state index in [0.29, 0.717) is 13.1 Å². The van der Waals surface area contributed by atoms with Crippen molar-refractivity contribution in [3.8, 4) is 0 Å². The molecule has 0 aliphatic carbocycles. The normalized spacial score (nSPS) is 15.0. The maximum absolute atomic E-state index is 12.2. The lowest BCUT2D eigenvalue weighted by atomic mass is 10.2. The summed E-state index contributed by atoms with van der Waals surface area (Å²) in [4.78, 5) is 15.9. The van der Waals surface area contributed by atoms with Gasteiger partial charge in [-0.3, -0.25) is 0 Å². The van der Waals surface area contributed by atoms with E-state index in [9.17, 15) is 4.79 Å². The molecule has 90 valence electrons. The van der Waals surface area contributed by atoms with E-state index in [1.807, 2.05) is 23.6 Å². The molecule has 0 saturated carbocycles. The standard InChI is InChI=1S/C13H22N2O/c1-11(2)9-15(10-12(3)4)13(16)14-7-5-6-8-14/h1,3,5-10H2,2,4H3. The van der Waals surface area contributed by atoms with Crippen molar-refractivity contribution >= 4 is 6.03 Å². The lowest BCUT2D eigenvalue weighted by Gasteiger charge is -2.28. The van der Waals surface area contributed by atoms with Crippen LogP contribution in [0.4, 0.5) is 4.79 Å². The highest BCUT2D eigenvalue weighted by molar-refractivity contribution is 5.75. The molecule has 2 amide bonds. The Morgan fingerprint density at radius 3 is 1.94 bits per heavy atom. The highest BCUT2D eigenvalue weighted by Crippen LogP contribution is 2.12. The number of amides is 2. The average Bonchev–Trinajstić information content (AvgIpc) is 2.66. The zero-order valence-electron chi connectivity index (χ0n) is 10.5. The van der Waals surface area contributed by atoms with Crippen molar-refractivity contribution in [2.24, 2.45) is 0 Å². The van der Waals surface area contributed by atoms with Crippen LogP contribution in [-0.4, -0.2) is 42.0 Å². The van der Waals surface area contributed by atoms with Gasteiger partial charge in [0.25, 0.3) is 0 Å². The molecule has 3 nitrogen and oxygen atoms in total. The number of hydrogen-bond donors (Lipinski definition) is 0.